The average molecular weight is 170 g/mol. The normalized spacial score (nSPS) is 9.64. The van der Waals surface area contributed by atoms with Gasteiger partial charge in [-0.25, -0.2) is 4.79 Å². The van der Waals surface area contributed by atoms with Crippen LogP contribution in [0.25, 0.3) is 0 Å². The highest BCUT2D eigenvalue weighted by molar-refractivity contribution is 7.13. The van der Waals surface area contributed by atoms with Gasteiger partial charge in [-0.1, -0.05) is 6.92 Å². The van der Waals surface area contributed by atoms with Crippen LogP contribution in [0.2, 0.25) is 0 Å². The predicted molar refractivity (Wildman–Crippen MR) is 45.0 cm³/mol. The maximum Gasteiger partial charge on any atom is 0.348 e. The minimum atomic E-state index is -0.241. The molecular weight excluding hydrogens is 160 g/mol. The van der Waals surface area contributed by atoms with Crippen LogP contribution >= 0.6 is 11.3 Å². The first kappa shape index (κ1) is 8.27. The first-order valence-electron chi connectivity index (χ1n) is 3.45. The molecule has 0 saturated carbocycles. The van der Waals surface area contributed by atoms with Gasteiger partial charge < -0.3 is 4.74 Å². The second-order valence-electron chi connectivity index (χ2n) is 2.11. The summed E-state index contributed by atoms with van der Waals surface area (Å²) in [6.07, 6.45) is 0.974. The van der Waals surface area contributed by atoms with Gasteiger partial charge in [0, 0.05) is 4.88 Å². The summed E-state index contributed by atoms with van der Waals surface area (Å²) in [4.78, 5) is 12.8. The predicted octanol–water partition coefficient (Wildman–Crippen LogP) is 2.10. The molecule has 0 unspecified atom stereocenters. The summed E-state index contributed by atoms with van der Waals surface area (Å²) in [5, 5.41) is 0. The lowest BCUT2D eigenvalue weighted by Gasteiger charge is -1.91. The lowest BCUT2D eigenvalue weighted by atomic mass is 10.4. The van der Waals surface area contributed by atoms with Crippen molar-refractivity contribution < 1.29 is 9.53 Å². The van der Waals surface area contributed by atoms with Crippen LogP contribution in [0.5, 0.6) is 0 Å². The van der Waals surface area contributed by atoms with Gasteiger partial charge in [-0.2, -0.15) is 0 Å². The van der Waals surface area contributed by atoms with Gasteiger partial charge in [0.25, 0.3) is 0 Å². The molecule has 0 aliphatic heterocycles. The topological polar surface area (TPSA) is 26.3 Å². The number of hydrogen-bond acceptors (Lipinski definition) is 3. The van der Waals surface area contributed by atoms with E-state index in [0.717, 1.165) is 6.42 Å². The molecule has 0 atom stereocenters. The second-order valence-corrected chi connectivity index (χ2v) is 3.28. The van der Waals surface area contributed by atoms with E-state index in [1.165, 1.54) is 23.3 Å². The fraction of sp³-hybridized carbons (Fsp3) is 0.375. The number of esters is 1. The minimum absolute atomic E-state index is 0.241. The van der Waals surface area contributed by atoms with Crippen molar-refractivity contribution in [2.75, 3.05) is 7.11 Å². The maximum atomic E-state index is 10.9. The van der Waals surface area contributed by atoms with Crippen molar-refractivity contribution in [2.45, 2.75) is 13.3 Å². The molecule has 0 fully saturated rings. The van der Waals surface area contributed by atoms with E-state index < -0.39 is 0 Å². The molecule has 0 amide bonds. The number of carbonyl (C=O) groups excluding carboxylic acids is 1. The Balaban J connectivity index is 2.80. The summed E-state index contributed by atoms with van der Waals surface area (Å²) in [6.45, 7) is 2.06. The summed E-state index contributed by atoms with van der Waals surface area (Å²) in [7, 11) is 1.40. The monoisotopic (exact) mass is 170 g/mol. The van der Waals surface area contributed by atoms with Gasteiger partial charge in [-0.3, -0.25) is 0 Å². The van der Waals surface area contributed by atoms with E-state index in [1.54, 1.807) is 6.07 Å². The molecule has 0 spiro atoms. The Morgan fingerprint density at radius 3 is 2.82 bits per heavy atom. The Bertz CT molecular complexity index is 252. The van der Waals surface area contributed by atoms with E-state index >= 15 is 0 Å². The van der Waals surface area contributed by atoms with Crippen molar-refractivity contribution in [1.82, 2.24) is 0 Å². The summed E-state index contributed by atoms with van der Waals surface area (Å²) in [5.41, 5.74) is 0. The molecule has 0 aromatic carbocycles. The number of aryl methyl sites for hydroxylation is 1. The molecule has 2 nitrogen and oxygen atoms in total. The molecule has 3 heteroatoms. The highest BCUT2D eigenvalue weighted by Gasteiger charge is 2.06. The van der Waals surface area contributed by atoms with E-state index in [1.807, 2.05) is 6.07 Å². The van der Waals surface area contributed by atoms with Crippen molar-refractivity contribution in [3.63, 3.8) is 0 Å². The molecule has 0 radical (unpaired) electrons. The van der Waals surface area contributed by atoms with Crippen LogP contribution in [0.1, 0.15) is 21.5 Å². The van der Waals surface area contributed by atoms with Gasteiger partial charge in [0.15, 0.2) is 0 Å². The highest BCUT2D eigenvalue weighted by atomic mass is 32.1. The number of ether oxygens (including phenoxy) is 1. The Kier molecular flexibility index (Phi) is 2.65. The molecule has 0 aliphatic carbocycles. The van der Waals surface area contributed by atoms with E-state index in [2.05, 4.69) is 11.7 Å². The average Bonchev–Trinajstić information content (AvgIpc) is 2.50. The highest BCUT2D eigenvalue weighted by Crippen LogP contribution is 2.17. The molecule has 1 rings (SSSR count). The molecule has 60 valence electrons. The Labute approximate surface area is 69.8 Å². The fourth-order valence-electron chi connectivity index (χ4n) is 0.778. The number of methoxy groups -OCH3 is 1. The van der Waals surface area contributed by atoms with Crippen molar-refractivity contribution in [3.8, 4) is 0 Å². The van der Waals surface area contributed by atoms with Gasteiger partial charge in [0.2, 0.25) is 0 Å². The van der Waals surface area contributed by atoms with Crippen molar-refractivity contribution in [2.24, 2.45) is 0 Å². The van der Waals surface area contributed by atoms with Gasteiger partial charge in [0.1, 0.15) is 4.88 Å². The molecule has 1 aromatic rings. The first-order valence-corrected chi connectivity index (χ1v) is 4.26. The number of carbonyl (C=O) groups is 1. The van der Waals surface area contributed by atoms with Crippen LogP contribution in [0, 0.1) is 0 Å². The SMILES string of the molecule is CCc1ccc(C(=O)OC)s1. The number of hydrogen-bond donors (Lipinski definition) is 0. The summed E-state index contributed by atoms with van der Waals surface area (Å²) >= 11 is 1.49. The molecule has 0 aliphatic rings. The van der Waals surface area contributed by atoms with E-state index in [4.69, 9.17) is 0 Å². The maximum absolute atomic E-state index is 10.9. The zero-order valence-electron chi connectivity index (χ0n) is 6.59. The molecule has 0 saturated heterocycles. The standard InChI is InChI=1S/C8H10O2S/c1-3-6-4-5-7(11-6)8(9)10-2/h4-5H,3H2,1-2H3. The molecule has 0 bridgehead atoms. The van der Waals surface area contributed by atoms with Crippen LogP contribution in [0.4, 0.5) is 0 Å². The van der Waals surface area contributed by atoms with Gasteiger partial charge in [-0.15, -0.1) is 11.3 Å². The Morgan fingerprint density at radius 2 is 2.36 bits per heavy atom. The first-order chi connectivity index (χ1) is 5.27. The van der Waals surface area contributed by atoms with Crippen molar-refractivity contribution in [3.05, 3.63) is 21.9 Å². The minimum Gasteiger partial charge on any atom is -0.465 e. The van der Waals surface area contributed by atoms with Gasteiger partial charge in [0.05, 0.1) is 7.11 Å². The number of thiophene rings is 1. The smallest absolute Gasteiger partial charge is 0.348 e. The van der Waals surface area contributed by atoms with Crippen LogP contribution in [-0.2, 0) is 11.2 Å². The zero-order chi connectivity index (χ0) is 8.27. The second kappa shape index (κ2) is 3.53. The molecule has 1 aromatic heterocycles. The van der Waals surface area contributed by atoms with Gasteiger partial charge in [-0.05, 0) is 18.6 Å². The molecule has 1 heterocycles. The van der Waals surface area contributed by atoms with Crippen molar-refractivity contribution >= 4 is 17.3 Å². The lowest BCUT2D eigenvalue weighted by molar-refractivity contribution is 0.0606. The molecule has 0 N–H and O–H groups in total. The third-order valence-corrected chi connectivity index (χ3v) is 2.61. The summed E-state index contributed by atoms with van der Waals surface area (Å²) in [5.74, 6) is -0.241. The quantitative estimate of drug-likeness (QED) is 0.635. The van der Waals surface area contributed by atoms with E-state index in [-0.39, 0.29) is 5.97 Å². The van der Waals surface area contributed by atoms with Crippen LogP contribution in [0.15, 0.2) is 12.1 Å². The zero-order valence-corrected chi connectivity index (χ0v) is 7.40. The van der Waals surface area contributed by atoms with Crippen LogP contribution < -0.4 is 0 Å². The van der Waals surface area contributed by atoms with Crippen LogP contribution in [-0.4, -0.2) is 13.1 Å². The molecular formula is C8H10O2S. The number of rotatable bonds is 2. The molecule has 11 heavy (non-hydrogen) atoms. The summed E-state index contributed by atoms with van der Waals surface area (Å²) in [6, 6.07) is 3.76. The van der Waals surface area contributed by atoms with E-state index in [0.29, 0.717) is 4.88 Å². The largest absolute Gasteiger partial charge is 0.465 e. The van der Waals surface area contributed by atoms with Crippen LogP contribution in [0.3, 0.4) is 0 Å². The third kappa shape index (κ3) is 1.80. The van der Waals surface area contributed by atoms with Crippen molar-refractivity contribution in [1.29, 1.82) is 0 Å². The summed E-state index contributed by atoms with van der Waals surface area (Å²) < 4.78 is 4.57. The Hall–Kier alpha value is -0.830. The fourth-order valence-corrected chi connectivity index (χ4v) is 1.64. The Morgan fingerprint density at radius 1 is 1.64 bits per heavy atom. The lowest BCUT2D eigenvalue weighted by Crippen LogP contribution is -1.96. The van der Waals surface area contributed by atoms with E-state index in [9.17, 15) is 4.79 Å². The van der Waals surface area contributed by atoms with Gasteiger partial charge >= 0.3 is 5.97 Å². The third-order valence-electron chi connectivity index (χ3n) is 1.40.